The quantitative estimate of drug-likeness (QED) is 0.837. The van der Waals surface area contributed by atoms with Crippen molar-refractivity contribution in [2.24, 2.45) is 0 Å². The highest BCUT2D eigenvalue weighted by Gasteiger charge is 2.23. The van der Waals surface area contributed by atoms with Crippen LogP contribution in [0.3, 0.4) is 0 Å². The lowest BCUT2D eigenvalue weighted by molar-refractivity contribution is 0.206. The van der Waals surface area contributed by atoms with E-state index in [-0.39, 0.29) is 0 Å². The fourth-order valence-corrected chi connectivity index (χ4v) is 3.26. The Morgan fingerprint density at radius 3 is 2.81 bits per heavy atom. The summed E-state index contributed by atoms with van der Waals surface area (Å²) in [5, 5.41) is 18.5. The fraction of sp³-hybridized carbons (Fsp3) is 0.692. The van der Waals surface area contributed by atoms with Gasteiger partial charge in [0.1, 0.15) is 16.7 Å². The Morgan fingerprint density at radius 1 is 1.19 bits per heavy atom. The summed E-state index contributed by atoms with van der Waals surface area (Å²) in [4.78, 5) is 2.32. The molecule has 0 bridgehead atoms. The van der Waals surface area contributed by atoms with E-state index in [0.29, 0.717) is 17.7 Å². The van der Waals surface area contributed by atoms with Crippen molar-refractivity contribution in [3.63, 3.8) is 0 Å². The van der Waals surface area contributed by atoms with Crippen LogP contribution in [0.1, 0.15) is 43.3 Å². The van der Waals surface area contributed by atoms with Crippen molar-refractivity contribution >= 4 is 11.3 Å². The molecule has 114 valence electrons. The SMILES string of the molecule is CCOc1nnc(CN2CCn3c(nnc3C(C)C)C2)s1. The summed E-state index contributed by atoms with van der Waals surface area (Å²) in [6.07, 6.45) is 0. The third-order valence-corrected chi connectivity index (χ3v) is 4.27. The van der Waals surface area contributed by atoms with E-state index < -0.39 is 0 Å². The predicted octanol–water partition coefficient (Wildman–Crippen LogP) is 1.67. The normalized spacial score (nSPS) is 15.4. The summed E-state index contributed by atoms with van der Waals surface area (Å²) in [6, 6.07) is 0. The maximum Gasteiger partial charge on any atom is 0.294 e. The van der Waals surface area contributed by atoms with Crippen LogP contribution >= 0.6 is 11.3 Å². The first-order valence-corrected chi connectivity index (χ1v) is 8.08. The molecule has 0 radical (unpaired) electrons. The Morgan fingerprint density at radius 2 is 2.05 bits per heavy atom. The monoisotopic (exact) mass is 308 g/mol. The molecule has 0 atom stereocenters. The van der Waals surface area contributed by atoms with Crippen molar-refractivity contribution in [3.8, 4) is 5.19 Å². The van der Waals surface area contributed by atoms with Crippen molar-refractivity contribution in [3.05, 3.63) is 16.7 Å². The van der Waals surface area contributed by atoms with E-state index in [1.165, 1.54) is 11.3 Å². The number of hydrogen-bond donors (Lipinski definition) is 0. The van der Waals surface area contributed by atoms with Crippen LogP contribution in [0, 0.1) is 0 Å². The average molecular weight is 308 g/mol. The van der Waals surface area contributed by atoms with Crippen LogP contribution in [0.5, 0.6) is 5.19 Å². The summed E-state index contributed by atoms with van der Waals surface area (Å²) < 4.78 is 7.60. The molecule has 3 rings (SSSR count). The van der Waals surface area contributed by atoms with Gasteiger partial charge in [-0.3, -0.25) is 4.90 Å². The highest BCUT2D eigenvalue weighted by molar-refractivity contribution is 7.13. The van der Waals surface area contributed by atoms with Gasteiger partial charge in [0.2, 0.25) is 0 Å². The molecule has 21 heavy (non-hydrogen) atoms. The maximum absolute atomic E-state index is 5.36. The van der Waals surface area contributed by atoms with Crippen molar-refractivity contribution in [1.82, 2.24) is 29.9 Å². The van der Waals surface area contributed by atoms with Gasteiger partial charge in [0.15, 0.2) is 0 Å². The first-order chi connectivity index (χ1) is 10.2. The standard InChI is InChI=1S/C13H20N6OS/c1-4-20-13-17-15-11(21-13)8-18-5-6-19-10(7-18)14-16-12(19)9(2)3/h9H,4-8H2,1-3H3. The zero-order valence-corrected chi connectivity index (χ0v) is 13.4. The third-order valence-electron chi connectivity index (χ3n) is 3.45. The van der Waals surface area contributed by atoms with Crippen LogP contribution in [0.4, 0.5) is 0 Å². The molecule has 0 aliphatic carbocycles. The number of aromatic nitrogens is 5. The number of ether oxygens (including phenoxy) is 1. The second-order valence-electron chi connectivity index (χ2n) is 5.39. The van der Waals surface area contributed by atoms with Gasteiger partial charge in [-0.05, 0) is 6.92 Å². The molecular formula is C13H20N6OS. The molecule has 3 heterocycles. The van der Waals surface area contributed by atoms with Crippen LogP contribution in [-0.4, -0.2) is 43.0 Å². The Bertz CT molecular complexity index is 608. The first-order valence-electron chi connectivity index (χ1n) is 7.27. The van der Waals surface area contributed by atoms with Gasteiger partial charge in [-0.25, -0.2) is 0 Å². The minimum Gasteiger partial charge on any atom is -0.469 e. The van der Waals surface area contributed by atoms with Gasteiger partial charge in [-0.2, -0.15) is 0 Å². The van der Waals surface area contributed by atoms with Gasteiger partial charge in [-0.15, -0.1) is 20.4 Å². The molecule has 7 nitrogen and oxygen atoms in total. The van der Waals surface area contributed by atoms with Crippen LogP contribution in [0.15, 0.2) is 0 Å². The fourth-order valence-electron chi connectivity index (χ4n) is 2.47. The number of fused-ring (bicyclic) bond motifs is 1. The molecule has 0 amide bonds. The minimum absolute atomic E-state index is 0.412. The second-order valence-corrected chi connectivity index (χ2v) is 6.41. The van der Waals surface area contributed by atoms with Crippen LogP contribution in [0.25, 0.3) is 0 Å². The lowest BCUT2D eigenvalue weighted by Crippen LogP contribution is -2.34. The number of hydrogen-bond acceptors (Lipinski definition) is 7. The number of nitrogens with zero attached hydrogens (tertiary/aromatic N) is 6. The zero-order valence-electron chi connectivity index (χ0n) is 12.6. The molecule has 0 saturated heterocycles. The van der Waals surface area contributed by atoms with Crippen LogP contribution in [0.2, 0.25) is 0 Å². The highest BCUT2D eigenvalue weighted by atomic mass is 32.1. The molecule has 2 aromatic heterocycles. The molecule has 0 unspecified atom stereocenters. The number of rotatable bonds is 5. The first kappa shape index (κ1) is 14.4. The van der Waals surface area contributed by atoms with E-state index in [2.05, 4.69) is 43.7 Å². The molecule has 2 aromatic rings. The summed E-state index contributed by atoms with van der Waals surface area (Å²) >= 11 is 1.51. The smallest absolute Gasteiger partial charge is 0.294 e. The van der Waals surface area contributed by atoms with Crippen LogP contribution in [-0.2, 0) is 19.6 Å². The van der Waals surface area contributed by atoms with Gasteiger partial charge in [0, 0.05) is 19.0 Å². The van der Waals surface area contributed by atoms with Crippen LogP contribution < -0.4 is 4.74 Å². The molecule has 0 fully saturated rings. The van der Waals surface area contributed by atoms with Crippen molar-refractivity contribution < 1.29 is 4.74 Å². The third kappa shape index (κ3) is 3.06. The van der Waals surface area contributed by atoms with Crippen molar-refractivity contribution in [2.75, 3.05) is 13.2 Å². The summed E-state index contributed by atoms with van der Waals surface area (Å²) in [7, 11) is 0. The Kier molecular flexibility index (Phi) is 4.16. The summed E-state index contributed by atoms with van der Waals surface area (Å²) in [6.45, 7) is 10.4. The van der Waals surface area contributed by atoms with E-state index in [0.717, 1.165) is 42.8 Å². The summed E-state index contributed by atoms with van der Waals surface area (Å²) in [5.74, 6) is 2.54. The predicted molar refractivity (Wildman–Crippen MR) is 79.3 cm³/mol. The van der Waals surface area contributed by atoms with E-state index in [9.17, 15) is 0 Å². The van der Waals surface area contributed by atoms with Gasteiger partial charge in [0.05, 0.1) is 19.7 Å². The molecule has 1 aliphatic heterocycles. The van der Waals surface area contributed by atoms with Gasteiger partial charge in [-0.1, -0.05) is 25.2 Å². The molecule has 0 spiro atoms. The Balaban J connectivity index is 1.66. The average Bonchev–Trinajstić information content (AvgIpc) is 3.05. The Hall–Kier alpha value is -1.54. The lowest BCUT2D eigenvalue weighted by atomic mass is 10.2. The van der Waals surface area contributed by atoms with Gasteiger partial charge in [0.25, 0.3) is 5.19 Å². The molecule has 8 heteroatoms. The topological polar surface area (TPSA) is 69.0 Å². The molecule has 1 aliphatic rings. The van der Waals surface area contributed by atoms with E-state index in [1.807, 2.05) is 6.92 Å². The molecule has 0 N–H and O–H groups in total. The largest absolute Gasteiger partial charge is 0.469 e. The highest BCUT2D eigenvalue weighted by Crippen LogP contribution is 2.22. The van der Waals surface area contributed by atoms with E-state index in [1.54, 1.807) is 0 Å². The lowest BCUT2D eigenvalue weighted by Gasteiger charge is -2.27. The zero-order chi connectivity index (χ0) is 14.8. The van der Waals surface area contributed by atoms with Crippen molar-refractivity contribution in [1.29, 1.82) is 0 Å². The minimum atomic E-state index is 0.412. The van der Waals surface area contributed by atoms with Gasteiger partial charge < -0.3 is 9.30 Å². The van der Waals surface area contributed by atoms with Gasteiger partial charge >= 0.3 is 0 Å². The molecular weight excluding hydrogens is 288 g/mol. The molecule has 0 saturated carbocycles. The molecule has 0 aromatic carbocycles. The van der Waals surface area contributed by atoms with E-state index in [4.69, 9.17) is 4.74 Å². The van der Waals surface area contributed by atoms with E-state index >= 15 is 0 Å². The maximum atomic E-state index is 5.36. The Labute approximate surface area is 128 Å². The second kappa shape index (κ2) is 6.07. The summed E-state index contributed by atoms with van der Waals surface area (Å²) in [5.41, 5.74) is 0. The van der Waals surface area contributed by atoms with Crippen molar-refractivity contribution in [2.45, 2.75) is 46.3 Å².